The molecule has 2 N–H and O–H groups in total. The number of nitrogens with zero attached hydrogens (tertiary/aromatic N) is 2. The Morgan fingerprint density at radius 1 is 1.38 bits per heavy atom. The maximum atomic E-state index is 12.2. The van der Waals surface area contributed by atoms with Crippen molar-refractivity contribution in [3.8, 4) is 0 Å². The Morgan fingerprint density at radius 2 is 2.24 bits per heavy atom. The standard InChI is InChI=1S/C16H24N4O/c1-2-8-17-12-3-6-15(18-10-12)16(21)19-13-7-9-20(11-13)14-4-5-14/h3,6,10,13-14,17H,2,4-5,7-9,11H2,1H3,(H,19,21). The van der Waals surface area contributed by atoms with Crippen LogP contribution in [0.1, 0.15) is 43.1 Å². The first-order valence-electron chi connectivity index (χ1n) is 8.01. The highest BCUT2D eigenvalue weighted by atomic mass is 16.1. The van der Waals surface area contributed by atoms with Gasteiger partial charge < -0.3 is 10.6 Å². The molecule has 1 unspecified atom stereocenters. The molecule has 1 aliphatic carbocycles. The van der Waals surface area contributed by atoms with Gasteiger partial charge >= 0.3 is 0 Å². The summed E-state index contributed by atoms with van der Waals surface area (Å²) in [5.41, 5.74) is 1.47. The lowest BCUT2D eigenvalue weighted by molar-refractivity contribution is 0.0932. The second kappa shape index (κ2) is 6.43. The molecule has 3 rings (SSSR count). The molecule has 1 aromatic heterocycles. The molecular weight excluding hydrogens is 264 g/mol. The molecule has 0 aromatic carbocycles. The number of carbonyl (C=O) groups excluding carboxylic acids is 1. The molecule has 1 amide bonds. The summed E-state index contributed by atoms with van der Waals surface area (Å²) in [5.74, 6) is -0.0558. The van der Waals surface area contributed by atoms with Crippen molar-refractivity contribution in [3.05, 3.63) is 24.0 Å². The smallest absolute Gasteiger partial charge is 0.270 e. The fourth-order valence-corrected chi connectivity index (χ4v) is 2.84. The van der Waals surface area contributed by atoms with Crippen molar-refractivity contribution in [3.63, 3.8) is 0 Å². The topological polar surface area (TPSA) is 57.3 Å². The molecule has 1 saturated heterocycles. The minimum Gasteiger partial charge on any atom is -0.384 e. The average Bonchev–Trinajstić information content (AvgIpc) is 3.26. The van der Waals surface area contributed by atoms with Crippen LogP contribution >= 0.6 is 0 Å². The van der Waals surface area contributed by atoms with E-state index in [1.807, 2.05) is 6.07 Å². The predicted octanol–water partition coefficient (Wildman–Crippen LogP) is 1.87. The normalized spacial score (nSPS) is 22.2. The number of pyridine rings is 1. The zero-order valence-corrected chi connectivity index (χ0v) is 12.6. The average molecular weight is 288 g/mol. The van der Waals surface area contributed by atoms with Crippen molar-refractivity contribution < 1.29 is 4.79 Å². The summed E-state index contributed by atoms with van der Waals surface area (Å²) in [6.45, 7) is 5.15. The molecule has 2 heterocycles. The lowest BCUT2D eigenvalue weighted by atomic mass is 10.2. The summed E-state index contributed by atoms with van der Waals surface area (Å²) in [6.07, 6.45) is 6.51. The molecule has 1 saturated carbocycles. The molecule has 2 fully saturated rings. The Labute approximate surface area is 126 Å². The molecule has 114 valence electrons. The summed E-state index contributed by atoms with van der Waals surface area (Å²) < 4.78 is 0. The molecule has 0 spiro atoms. The highest BCUT2D eigenvalue weighted by Gasteiger charge is 2.34. The zero-order valence-electron chi connectivity index (χ0n) is 12.6. The van der Waals surface area contributed by atoms with Gasteiger partial charge in [-0.05, 0) is 37.8 Å². The maximum absolute atomic E-state index is 12.2. The second-order valence-electron chi connectivity index (χ2n) is 6.04. The van der Waals surface area contributed by atoms with Crippen molar-refractivity contribution in [2.24, 2.45) is 0 Å². The number of hydrogen-bond donors (Lipinski definition) is 2. The molecule has 5 nitrogen and oxygen atoms in total. The Kier molecular flexibility index (Phi) is 4.39. The third-order valence-corrected chi connectivity index (χ3v) is 4.19. The summed E-state index contributed by atoms with van der Waals surface area (Å²) in [6, 6.07) is 4.77. The molecule has 1 atom stereocenters. The van der Waals surface area contributed by atoms with Crippen LogP contribution in [0, 0.1) is 0 Å². The Bertz CT molecular complexity index is 484. The molecular formula is C16H24N4O. The Morgan fingerprint density at radius 3 is 2.90 bits per heavy atom. The first kappa shape index (κ1) is 14.3. The maximum Gasteiger partial charge on any atom is 0.270 e. The van der Waals surface area contributed by atoms with Crippen LogP contribution in [-0.2, 0) is 0 Å². The zero-order chi connectivity index (χ0) is 14.7. The van der Waals surface area contributed by atoms with E-state index in [1.165, 1.54) is 12.8 Å². The van der Waals surface area contributed by atoms with Gasteiger partial charge in [0.1, 0.15) is 5.69 Å². The van der Waals surface area contributed by atoms with E-state index >= 15 is 0 Å². The van der Waals surface area contributed by atoms with Crippen LogP contribution in [0.2, 0.25) is 0 Å². The molecule has 5 heteroatoms. The molecule has 0 radical (unpaired) electrons. The van der Waals surface area contributed by atoms with Crippen LogP contribution in [-0.4, -0.2) is 47.5 Å². The predicted molar refractivity (Wildman–Crippen MR) is 83.5 cm³/mol. The van der Waals surface area contributed by atoms with Gasteiger partial charge in [-0.25, -0.2) is 4.98 Å². The van der Waals surface area contributed by atoms with E-state index in [2.05, 4.69) is 27.4 Å². The van der Waals surface area contributed by atoms with Crippen LogP contribution in [0.4, 0.5) is 5.69 Å². The monoisotopic (exact) mass is 288 g/mol. The van der Waals surface area contributed by atoms with Gasteiger partial charge in [0.15, 0.2) is 0 Å². The van der Waals surface area contributed by atoms with Gasteiger partial charge in [0.2, 0.25) is 0 Å². The number of carbonyl (C=O) groups is 1. The Hall–Kier alpha value is -1.62. The summed E-state index contributed by atoms with van der Waals surface area (Å²) in [5, 5.41) is 6.36. The molecule has 21 heavy (non-hydrogen) atoms. The SMILES string of the molecule is CCCNc1ccc(C(=O)NC2CCN(C3CC3)C2)nc1. The van der Waals surface area contributed by atoms with Crippen LogP contribution in [0.5, 0.6) is 0 Å². The van der Waals surface area contributed by atoms with Crippen molar-refractivity contribution >= 4 is 11.6 Å². The number of anilines is 1. The van der Waals surface area contributed by atoms with Gasteiger partial charge in [-0.1, -0.05) is 6.92 Å². The highest BCUT2D eigenvalue weighted by molar-refractivity contribution is 5.92. The van der Waals surface area contributed by atoms with Gasteiger partial charge in [0.05, 0.1) is 11.9 Å². The van der Waals surface area contributed by atoms with Crippen molar-refractivity contribution in [1.29, 1.82) is 0 Å². The highest BCUT2D eigenvalue weighted by Crippen LogP contribution is 2.29. The number of hydrogen-bond acceptors (Lipinski definition) is 4. The number of likely N-dealkylation sites (tertiary alicyclic amines) is 1. The van der Waals surface area contributed by atoms with Gasteiger partial charge in [-0.3, -0.25) is 9.69 Å². The van der Waals surface area contributed by atoms with E-state index < -0.39 is 0 Å². The van der Waals surface area contributed by atoms with E-state index in [-0.39, 0.29) is 11.9 Å². The van der Waals surface area contributed by atoms with Crippen LogP contribution in [0.3, 0.4) is 0 Å². The molecule has 0 bridgehead atoms. The van der Waals surface area contributed by atoms with Crippen molar-refractivity contribution in [2.45, 2.75) is 44.7 Å². The summed E-state index contributed by atoms with van der Waals surface area (Å²) in [7, 11) is 0. The van der Waals surface area contributed by atoms with Crippen molar-refractivity contribution in [1.82, 2.24) is 15.2 Å². The lowest BCUT2D eigenvalue weighted by Gasteiger charge is -2.15. The van der Waals surface area contributed by atoms with Gasteiger partial charge in [-0.15, -0.1) is 0 Å². The fourth-order valence-electron chi connectivity index (χ4n) is 2.84. The quantitative estimate of drug-likeness (QED) is 0.839. The van der Waals surface area contributed by atoms with Gasteiger partial charge in [0, 0.05) is 31.7 Å². The minimum absolute atomic E-state index is 0.0558. The first-order valence-corrected chi connectivity index (χ1v) is 8.01. The number of aromatic nitrogens is 1. The number of rotatable bonds is 6. The molecule has 1 aromatic rings. The van der Waals surface area contributed by atoms with E-state index in [9.17, 15) is 4.79 Å². The minimum atomic E-state index is -0.0558. The Balaban J connectivity index is 1.50. The molecule has 2 aliphatic rings. The van der Waals surface area contributed by atoms with Crippen LogP contribution < -0.4 is 10.6 Å². The number of nitrogens with one attached hydrogen (secondary N) is 2. The third-order valence-electron chi connectivity index (χ3n) is 4.19. The van der Waals surface area contributed by atoms with Gasteiger partial charge in [-0.2, -0.15) is 0 Å². The van der Waals surface area contributed by atoms with Crippen LogP contribution in [0.25, 0.3) is 0 Å². The largest absolute Gasteiger partial charge is 0.384 e. The van der Waals surface area contributed by atoms with Crippen molar-refractivity contribution in [2.75, 3.05) is 25.0 Å². The second-order valence-corrected chi connectivity index (χ2v) is 6.04. The van der Waals surface area contributed by atoms with E-state index in [0.717, 1.165) is 44.2 Å². The van der Waals surface area contributed by atoms with E-state index in [0.29, 0.717) is 5.69 Å². The number of amides is 1. The fraction of sp³-hybridized carbons (Fsp3) is 0.625. The van der Waals surface area contributed by atoms with E-state index in [1.54, 1.807) is 12.3 Å². The molecule has 1 aliphatic heterocycles. The summed E-state index contributed by atoms with van der Waals surface area (Å²) in [4.78, 5) is 19.0. The van der Waals surface area contributed by atoms with Crippen LogP contribution in [0.15, 0.2) is 18.3 Å². The lowest BCUT2D eigenvalue weighted by Crippen LogP contribution is -2.37. The third kappa shape index (κ3) is 3.73. The summed E-state index contributed by atoms with van der Waals surface area (Å²) >= 11 is 0. The van der Waals surface area contributed by atoms with E-state index in [4.69, 9.17) is 0 Å². The van der Waals surface area contributed by atoms with Gasteiger partial charge in [0.25, 0.3) is 5.91 Å². The first-order chi connectivity index (χ1) is 10.3.